The first-order valence-corrected chi connectivity index (χ1v) is 6.37. The van der Waals surface area contributed by atoms with Crippen LogP contribution >= 0.6 is 0 Å². The van der Waals surface area contributed by atoms with Crippen LogP contribution in [0.2, 0.25) is 0 Å². The number of nitrogens with zero attached hydrogens (tertiary/aromatic N) is 3. The second-order valence-electron chi connectivity index (χ2n) is 4.87. The van der Waals surface area contributed by atoms with E-state index in [0.29, 0.717) is 11.6 Å². The van der Waals surface area contributed by atoms with Crippen molar-refractivity contribution in [3.05, 3.63) is 24.0 Å². The third-order valence-corrected chi connectivity index (χ3v) is 3.67. The Morgan fingerprint density at radius 3 is 3.11 bits per heavy atom. The van der Waals surface area contributed by atoms with Crippen molar-refractivity contribution in [2.24, 2.45) is 16.8 Å². The van der Waals surface area contributed by atoms with E-state index in [1.807, 2.05) is 12.1 Å². The van der Waals surface area contributed by atoms with Crippen LogP contribution in [0.5, 0.6) is 0 Å². The summed E-state index contributed by atoms with van der Waals surface area (Å²) >= 11 is 0. The number of anilines is 1. The molecule has 6 heteroatoms. The molecule has 0 bridgehead atoms. The Labute approximate surface area is 112 Å². The number of oxime groups is 1. The summed E-state index contributed by atoms with van der Waals surface area (Å²) in [6, 6.07) is 3.76. The standard InChI is InChI=1S/C13H20N4O2/c1-9-4-6-17(8-12(9)19-2)10-3-5-15-11(7-10)13(14)16-18/h3,5,7,9,12,18H,4,6,8H2,1-2H3,(H2,14,16). The summed E-state index contributed by atoms with van der Waals surface area (Å²) < 4.78 is 5.51. The smallest absolute Gasteiger partial charge is 0.188 e. The molecule has 0 radical (unpaired) electrons. The van der Waals surface area contributed by atoms with Crippen molar-refractivity contribution < 1.29 is 9.94 Å². The Kier molecular flexibility index (Phi) is 4.21. The van der Waals surface area contributed by atoms with Crippen LogP contribution in [0.4, 0.5) is 5.69 Å². The Bertz CT molecular complexity index is 464. The predicted octanol–water partition coefficient (Wildman–Crippen LogP) is 1.04. The largest absolute Gasteiger partial charge is 0.409 e. The molecule has 6 nitrogen and oxygen atoms in total. The van der Waals surface area contributed by atoms with E-state index < -0.39 is 0 Å². The minimum absolute atomic E-state index is 0.0236. The molecular formula is C13H20N4O2. The zero-order valence-corrected chi connectivity index (χ0v) is 11.3. The van der Waals surface area contributed by atoms with Gasteiger partial charge in [-0.2, -0.15) is 0 Å². The van der Waals surface area contributed by atoms with Crippen molar-refractivity contribution >= 4 is 11.5 Å². The zero-order valence-electron chi connectivity index (χ0n) is 11.3. The number of hydrogen-bond donors (Lipinski definition) is 2. The number of aromatic nitrogens is 1. The Balaban J connectivity index is 2.18. The van der Waals surface area contributed by atoms with E-state index in [-0.39, 0.29) is 11.9 Å². The number of amidine groups is 1. The number of rotatable bonds is 3. The van der Waals surface area contributed by atoms with Crippen molar-refractivity contribution in [2.45, 2.75) is 19.4 Å². The van der Waals surface area contributed by atoms with Gasteiger partial charge in [-0.1, -0.05) is 12.1 Å². The second-order valence-corrected chi connectivity index (χ2v) is 4.87. The highest BCUT2D eigenvalue weighted by Crippen LogP contribution is 2.24. The van der Waals surface area contributed by atoms with Gasteiger partial charge in [0.15, 0.2) is 5.84 Å². The molecular weight excluding hydrogens is 244 g/mol. The molecule has 1 aliphatic rings. The van der Waals surface area contributed by atoms with E-state index in [1.54, 1.807) is 13.3 Å². The maximum atomic E-state index is 8.69. The average molecular weight is 264 g/mol. The third kappa shape index (κ3) is 2.96. The molecule has 2 rings (SSSR count). The fourth-order valence-electron chi connectivity index (χ4n) is 2.38. The fourth-order valence-corrected chi connectivity index (χ4v) is 2.38. The molecule has 1 saturated heterocycles. The molecule has 104 valence electrons. The zero-order chi connectivity index (χ0) is 13.8. The van der Waals surface area contributed by atoms with Gasteiger partial charge in [0.2, 0.25) is 0 Å². The minimum atomic E-state index is 0.0236. The molecule has 0 spiro atoms. The number of hydrogen-bond acceptors (Lipinski definition) is 5. The minimum Gasteiger partial charge on any atom is -0.409 e. The lowest BCUT2D eigenvalue weighted by molar-refractivity contribution is 0.0498. The summed E-state index contributed by atoms with van der Waals surface area (Å²) in [5.41, 5.74) is 7.06. The summed E-state index contributed by atoms with van der Waals surface area (Å²) in [5.74, 6) is 0.585. The molecule has 2 unspecified atom stereocenters. The molecule has 0 saturated carbocycles. The van der Waals surface area contributed by atoms with Crippen LogP contribution in [0, 0.1) is 5.92 Å². The third-order valence-electron chi connectivity index (χ3n) is 3.67. The van der Waals surface area contributed by atoms with Crippen molar-refractivity contribution in [1.29, 1.82) is 0 Å². The average Bonchev–Trinajstić information content (AvgIpc) is 2.47. The van der Waals surface area contributed by atoms with Crippen LogP contribution in [0.25, 0.3) is 0 Å². The van der Waals surface area contributed by atoms with E-state index in [1.165, 1.54) is 0 Å². The predicted molar refractivity (Wildman–Crippen MR) is 73.5 cm³/mol. The maximum Gasteiger partial charge on any atom is 0.188 e. The lowest BCUT2D eigenvalue weighted by atomic mass is 9.95. The SMILES string of the molecule is COC1CN(c2ccnc(/C(N)=N/O)c2)CCC1C. The first-order valence-electron chi connectivity index (χ1n) is 6.37. The lowest BCUT2D eigenvalue weighted by Crippen LogP contribution is -2.44. The number of piperidine rings is 1. The van der Waals surface area contributed by atoms with E-state index in [0.717, 1.165) is 25.2 Å². The monoisotopic (exact) mass is 264 g/mol. The van der Waals surface area contributed by atoms with Crippen LogP contribution in [0.1, 0.15) is 19.0 Å². The summed E-state index contributed by atoms with van der Waals surface area (Å²) in [7, 11) is 1.75. The summed E-state index contributed by atoms with van der Waals surface area (Å²) in [6.45, 7) is 4.03. The highest BCUT2D eigenvalue weighted by atomic mass is 16.5. The van der Waals surface area contributed by atoms with Gasteiger partial charge in [-0.15, -0.1) is 0 Å². The summed E-state index contributed by atoms with van der Waals surface area (Å²) in [5, 5.41) is 11.7. The number of pyridine rings is 1. The fraction of sp³-hybridized carbons (Fsp3) is 0.538. The summed E-state index contributed by atoms with van der Waals surface area (Å²) in [6.07, 6.45) is 2.98. The van der Waals surface area contributed by atoms with Crippen LogP contribution in [0.3, 0.4) is 0 Å². The van der Waals surface area contributed by atoms with E-state index in [9.17, 15) is 0 Å². The topological polar surface area (TPSA) is 84.0 Å². The van der Waals surface area contributed by atoms with Gasteiger partial charge in [0.05, 0.1) is 6.10 Å². The van der Waals surface area contributed by atoms with Gasteiger partial charge >= 0.3 is 0 Å². The molecule has 0 amide bonds. The van der Waals surface area contributed by atoms with E-state index in [4.69, 9.17) is 15.7 Å². The number of nitrogens with two attached hydrogens (primary N) is 1. The second kappa shape index (κ2) is 5.88. The van der Waals surface area contributed by atoms with Crippen molar-refractivity contribution in [3.63, 3.8) is 0 Å². The van der Waals surface area contributed by atoms with Crippen molar-refractivity contribution in [3.8, 4) is 0 Å². The lowest BCUT2D eigenvalue weighted by Gasteiger charge is -2.37. The quantitative estimate of drug-likeness (QED) is 0.369. The Morgan fingerprint density at radius 1 is 1.63 bits per heavy atom. The molecule has 1 aliphatic heterocycles. The number of methoxy groups -OCH3 is 1. The molecule has 1 aromatic heterocycles. The van der Waals surface area contributed by atoms with Crippen LogP contribution in [-0.4, -0.2) is 42.3 Å². The van der Waals surface area contributed by atoms with Crippen molar-refractivity contribution in [2.75, 3.05) is 25.1 Å². The molecule has 0 aromatic carbocycles. The molecule has 3 N–H and O–H groups in total. The molecule has 1 aromatic rings. The van der Waals surface area contributed by atoms with Crippen LogP contribution in [-0.2, 0) is 4.74 Å². The maximum absolute atomic E-state index is 8.69. The highest BCUT2D eigenvalue weighted by Gasteiger charge is 2.26. The Morgan fingerprint density at radius 2 is 2.42 bits per heavy atom. The van der Waals surface area contributed by atoms with Gasteiger partial charge in [0.25, 0.3) is 0 Å². The van der Waals surface area contributed by atoms with E-state index >= 15 is 0 Å². The summed E-state index contributed by atoms with van der Waals surface area (Å²) in [4.78, 5) is 6.33. The van der Waals surface area contributed by atoms with Gasteiger partial charge in [-0.3, -0.25) is 4.98 Å². The first kappa shape index (κ1) is 13.6. The van der Waals surface area contributed by atoms with Crippen LogP contribution < -0.4 is 10.6 Å². The van der Waals surface area contributed by atoms with Gasteiger partial charge in [0.1, 0.15) is 5.69 Å². The molecule has 2 atom stereocenters. The van der Waals surface area contributed by atoms with E-state index in [2.05, 4.69) is 22.0 Å². The van der Waals surface area contributed by atoms with Crippen molar-refractivity contribution in [1.82, 2.24) is 4.98 Å². The molecule has 2 heterocycles. The van der Waals surface area contributed by atoms with Gasteiger partial charge in [0, 0.05) is 32.1 Å². The molecule has 1 fully saturated rings. The first-order chi connectivity index (χ1) is 9.15. The highest BCUT2D eigenvalue weighted by molar-refractivity contribution is 5.95. The molecule has 0 aliphatic carbocycles. The van der Waals surface area contributed by atoms with Gasteiger partial charge in [-0.25, -0.2) is 0 Å². The molecule has 19 heavy (non-hydrogen) atoms. The number of ether oxygens (including phenoxy) is 1. The Hall–Kier alpha value is -1.82. The van der Waals surface area contributed by atoms with Gasteiger partial charge in [-0.05, 0) is 24.5 Å². The van der Waals surface area contributed by atoms with Gasteiger partial charge < -0.3 is 20.6 Å². The van der Waals surface area contributed by atoms with Crippen LogP contribution in [0.15, 0.2) is 23.5 Å². The normalized spacial score (nSPS) is 24.5.